The highest BCUT2D eigenvalue weighted by atomic mass is 14.1. The molecule has 0 unspecified atom stereocenters. The monoisotopic (exact) mass is 488 g/mol. The zero-order valence-electron chi connectivity index (χ0n) is 22.1. The molecule has 0 saturated carbocycles. The summed E-state index contributed by atoms with van der Waals surface area (Å²) in [6.45, 7) is 4.35. The fourth-order valence-corrected chi connectivity index (χ4v) is 5.44. The van der Waals surface area contributed by atoms with Crippen molar-refractivity contribution in [2.24, 2.45) is 0 Å². The van der Waals surface area contributed by atoms with Crippen molar-refractivity contribution < 1.29 is 0 Å². The summed E-state index contributed by atoms with van der Waals surface area (Å²) in [6.07, 6.45) is 9.12. The average Bonchev–Trinajstić information content (AvgIpc) is 2.97. The van der Waals surface area contributed by atoms with Crippen LogP contribution in [0.3, 0.4) is 0 Å². The van der Waals surface area contributed by atoms with Crippen LogP contribution in [0, 0.1) is 13.8 Å². The fourth-order valence-electron chi connectivity index (χ4n) is 5.44. The molecule has 5 aromatic rings. The van der Waals surface area contributed by atoms with Gasteiger partial charge in [-0.3, -0.25) is 0 Å². The van der Waals surface area contributed by atoms with Gasteiger partial charge in [0, 0.05) is 0 Å². The summed E-state index contributed by atoms with van der Waals surface area (Å²) < 4.78 is 0. The molecular weight excluding hydrogens is 456 g/mol. The Morgan fingerprint density at radius 1 is 0.395 bits per heavy atom. The van der Waals surface area contributed by atoms with E-state index in [1.807, 2.05) is 0 Å². The number of hydrogen-bond donors (Lipinski definition) is 0. The van der Waals surface area contributed by atoms with Gasteiger partial charge in [-0.1, -0.05) is 126 Å². The van der Waals surface area contributed by atoms with Gasteiger partial charge in [-0.25, -0.2) is 0 Å². The van der Waals surface area contributed by atoms with Gasteiger partial charge in [0.05, 0.1) is 0 Å². The molecule has 6 rings (SSSR count). The molecule has 0 heteroatoms. The van der Waals surface area contributed by atoms with E-state index in [1.165, 1.54) is 66.8 Å². The number of rotatable bonds is 5. The quantitative estimate of drug-likeness (QED) is 0.231. The largest absolute Gasteiger partial charge is 0.0836 e. The highest BCUT2D eigenvalue weighted by Gasteiger charge is 2.10. The van der Waals surface area contributed by atoms with E-state index in [9.17, 15) is 0 Å². The van der Waals surface area contributed by atoms with Crippen molar-refractivity contribution in [2.75, 3.05) is 0 Å². The topological polar surface area (TPSA) is 0 Å². The minimum absolute atomic E-state index is 1.12. The predicted molar refractivity (Wildman–Crippen MR) is 164 cm³/mol. The van der Waals surface area contributed by atoms with Gasteiger partial charge < -0.3 is 0 Å². The van der Waals surface area contributed by atoms with E-state index in [4.69, 9.17) is 0 Å². The van der Waals surface area contributed by atoms with Crippen molar-refractivity contribution in [3.05, 3.63) is 150 Å². The smallest absolute Gasteiger partial charge is 0.0171 e. The first-order valence-electron chi connectivity index (χ1n) is 13.5. The maximum absolute atomic E-state index is 2.34. The van der Waals surface area contributed by atoms with E-state index in [0.717, 1.165) is 12.8 Å². The lowest BCUT2D eigenvalue weighted by molar-refractivity contribution is 1.04. The third-order valence-electron chi connectivity index (χ3n) is 7.36. The van der Waals surface area contributed by atoms with Gasteiger partial charge in [-0.15, -0.1) is 0 Å². The first-order chi connectivity index (χ1) is 18.6. The van der Waals surface area contributed by atoms with Crippen LogP contribution >= 0.6 is 0 Å². The van der Waals surface area contributed by atoms with E-state index < -0.39 is 0 Å². The van der Waals surface area contributed by atoms with Crippen LogP contribution < -0.4 is 0 Å². The first kappa shape index (κ1) is 23.9. The molecule has 0 aliphatic heterocycles. The van der Waals surface area contributed by atoms with E-state index in [2.05, 4.69) is 147 Å². The number of allylic oxidation sites excluding steroid dienone is 4. The molecule has 184 valence electrons. The SMILES string of the molecule is Cc1cc(C)cc(-c2cc(-c3ccc(C4=CCCC=C4)cc3)cc(-c3ccc(-c4ccccc4)cc3)c2)c1. The molecule has 1 aliphatic carbocycles. The van der Waals surface area contributed by atoms with Crippen molar-refractivity contribution in [3.8, 4) is 44.5 Å². The van der Waals surface area contributed by atoms with Crippen LogP contribution in [-0.4, -0.2) is 0 Å². The molecule has 38 heavy (non-hydrogen) atoms. The van der Waals surface area contributed by atoms with Crippen LogP contribution in [0.15, 0.2) is 133 Å². The van der Waals surface area contributed by atoms with Crippen LogP contribution in [0.4, 0.5) is 0 Å². The van der Waals surface area contributed by atoms with E-state index in [1.54, 1.807) is 0 Å². The second-order valence-corrected chi connectivity index (χ2v) is 10.3. The Hall–Kier alpha value is -4.42. The minimum atomic E-state index is 1.12. The lowest BCUT2D eigenvalue weighted by Gasteiger charge is -2.14. The Morgan fingerprint density at radius 3 is 1.37 bits per heavy atom. The third-order valence-corrected chi connectivity index (χ3v) is 7.36. The number of hydrogen-bond acceptors (Lipinski definition) is 0. The normalized spacial score (nSPS) is 12.8. The van der Waals surface area contributed by atoms with Crippen molar-refractivity contribution in [1.82, 2.24) is 0 Å². The van der Waals surface area contributed by atoms with E-state index in [0.29, 0.717) is 0 Å². The summed E-state index contributed by atoms with van der Waals surface area (Å²) in [4.78, 5) is 0. The molecule has 0 amide bonds. The van der Waals surface area contributed by atoms with Gasteiger partial charge in [-0.2, -0.15) is 0 Å². The summed E-state index contributed by atoms with van der Waals surface area (Å²) in [5, 5.41) is 0. The lowest BCUT2D eigenvalue weighted by atomic mass is 9.91. The summed E-state index contributed by atoms with van der Waals surface area (Å²) in [7, 11) is 0. The van der Waals surface area contributed by atoms with Crippen LogP contribution in [0.2, 0.25) is 0 Å². The minimum Gasteiger partial charge on any atom is -0.0836 e. The van der Waals surface area contributed by atoms with E-state index >= 15 is 0 Å². The molecule has 0 spiro atoms. The van der Waals surface area contributed by atoms with Crippen LogP contribution in [-0.2, 0) is 0 Å². The second kappa shape index (κ2) is 10.5. The molecule has 0 aromatic heterocycles. The van der Waals surface area contributed by atoms with Crippen LogP contribution in [0.5, 0.6) is 0 Å². The average molecular weight is 489 g/mol. The molecule has 0 saturated heterocycles. The molecule has 0 nitrogen and oxygen atoms in total. The molecule has 0 fully saturated rings. The summed E-state index contributed by atoms with van der Waals surface area (Å²) >= 11 is 0. The Kier molecular flexibility index (Phi) is 6.63. The number of benzene rings is 5. The highest BCUT2D eigenvalue weighted by Crippen LogP contribution is 2.35. The molecule has 0 radical (unpaired) electrons. The van der Waals surface area contributed by atoms with Crippen molar-refractivity contribution in [3.63, 3.8) is 0 Å². The lowest BCUT2D eigenvalue weighted by Crippen LogP contribution is -1.89. The zero-order valence-corrected chi connectivity index (χ0v) is 22.1. The molecule has 0 heterocycles. The fraction of sp³-hybridized carbons (Fsp3) is 0.105. The van der Waals surface area contributed by atoms with Crippen molar-refractivity contribution in [1.29, 1.82) is 0 Å². The van der Waals surface area contributed by atoms with Gasteiger partial charge in [0.25, 0.3) is 0 Å². The van der Waals surface area contributed by atoms with Crippen LogP contribution in [0.25, 0.3) is 50.1 Å². The van der Waals surface area contributed by atoms with Gasteiger partial charge in [0.15, 0.2) is 0 Å². The summed E-state index contributed by atoms with van der Waals surface area (Å²) in [5.74, 6) is 0. The Bertz CT molecular complexity index is 1610. The third kappa shape index (κ3) is 5.17. The molecule has 5 aromatic carbocycles. The molecular formula is C38H32. The maximum atomic E-state index is 2.34. The van der Waals surface area contributed by atoms with Crippen LogP contribution in [0.1, 0.15) is 29.5 Å². The molecule has 1 aliphatic rings. The Balaban J connectivity index is 1.43. The van der Waals surface area contributed by atoms with Crippen molar-refractivity contribution in [2.45, 2.75) is 26.7 Å². The van der Waals surface area contributed by atoms with E-state index in [-0.39, 0.29) is 0 Å². The van der Waals surface area contributed by atoms with Gasteiger partial charge in [-0.05, 0) is 101 Å². The molecule has 0 bridgehead atoms. The summed E-state index contributed by atoms with van der Waals surface area (Å²) in [5.41, 5.74) is 15.1. The van der Waals surface area contributed by atoms with Gasteiger partial charge in [0.1, 0.15) is 0 Å². The Labute approximate surface area is 226 Å². The van der Waals surface area contributed by atoms with Gasteiger partial charge >= 0.3 is 0 Å². The highest BCUT2D eigenvalue weighted by molar-refractivity contribution is 5.83. The zero-order chi connectivity index (χ0) is 25.9. The first-order valence-corrected chi connectivity index (χ1v) is 13.5. The molecule has 0 N–H and O–H groups in total. The maximum Gasteiger partial charge on any atom is -0.0171 e. The Morgan fingerprint density at radius 2 is 0.842 bits per heavy atom. The standard InChI is InChI=1S/C38H32/c1-27-21-28(2)23-35(22-27)38-25-36(33-17-13-31(14-18-33)29-9-5-3-6-10-29)24-37(26-38)34-19-15-32(16-20-34)30-11-7-4-8-12-30/h3,5-7,9-26H,4,8H2,1-2H3. The predicted octanol–water partition coefficient (Wildman–Crippen LogP) is 10.7. The summed E-state index contributed by atoms with van der Waals surface area (Å²) in [6, 6.07) is 42.4. The second-order valence-electron chi connectivity index (χ2n) is 10.3. The van der Waals surface area contributed by atoms with Gasteiger partial charge in [0.2, 0.25) is 0 Å². The van der Waals surface area contributed by atoms with Crippen molar-refractivity contribution >= 4 is 5.57 Å². The number of aryl methyl sites for hydroxylation is 2. The molecule has 0 atom stereocenters.